The topological polar surface area (TPSA) is 43.4 Å². The average molecular weight is 328 g/mol. The van der Waals surface area contributed by atoms with E-state index in [2.05, 4.69) is 12.1 Å². The third kappa shape index (κ3) is 4.70. The van der Waals surface area contributed by atoms with E-state index in [-0.39, 0.29) is 5.78 Å². The Morgan fingerprint density at radius 3 is 2.26 bits per heavy atom. The summed E-state index contributed by atoms with van der Waals surface area (Å²) in [5, 5.41) is 0. The van der Waals surface area contributed by atoms with Crippen molar-refractivity contribution in [3.05, 3.63) is 65.2 Å². The number of carbonyl (C=O) groups is 2. The number of hydrogen-bond donors (Lipinski definition) is 0. The summed E-state index contributed by atoms with van der Waals surface area (Å²) in [6.07, 6.45) is 3.06. The molecule has 0 bridgehead atoms. The van der Waals surface area contributed by atoms with E-state index in [1.54, 1.807) is 43.0 Å². The zero-order valence-corrected chi connectivity index (χ0v) is 14.2. The number of ketones is 1. The Morgan fingerprint density at radius 2 is 1.65 bits per heavy atom. The standard InChI is InChI=1S/C19H20O3S/c1-3-22-19(21)17-7-5-4-6-16(17)18(20)13-10-14-8-11-15(23-2)12-9-14/h4-9,11-12H,3,10,13H2,1-2H3. The van der Waals surface area contributed by atoms with Gasteiger partial charge in [0.1, 0.15) is 0 Å². The van der Waals surface area contributed by atoms with Crippen LogP contribution in [0.4, 0.5) is 0 Å². The van der Waals surface area contributed by atoms with Gasteiger partial charge in [0.25, 0.3) is 0 Å². The highest BCUT2D eigenvalue weighted by Gasteiger charge is 2.17. The molecule has 2 aromatic carbocycles. The van der Waals surface area contributed by atoms with Crippen molar-refractivity contribution in [3.63, 3.8) is 0 Å². The fourth-order valence-corrected chi connectivity index (χ4v) is 2.71. The van der Waals surface area contributed by atoms with Gasteiger partial charge in [-0.1, -0.05) is 30.3 Å². The van der Waals surface area contributed by atoms with Crippen LogP contribution in [0.5, 0.6) is 0 Å². The molecule has 0 saturated carbocycles. The van der Waals surface area contributed by atoms with Crippen LogP contribution in [0.25, 0.3) is 0 Å². The maximum atomic E-state index is 12.5. The molecule has 4 heteroatoms. The highest BCUT2D eigenvalue weighted by Crippen LogP contribution is 2.18. The number of rotatable bonds is 7. The van der Waals surface area contributed by atoms with Gasteiger partial charge in [0.15, 0.2) is 5.78 Å². The minimum absolute atomic E-state index is 0.0393. The number of ether oxygens (including phenoxy) is 1. The van der Waals surface area contributed by atoms with Crippen molar-refractivity contribution in [2.75, 3.05) is 12.9 Å². The predicted molar refractivity (Wildman–Crippen MR) is 93.3 cm³/mol. The molecule has 0 unspecified atom stereocenters. The molecule has 0 spiro atoms. The molecule has 0 saturated heterocycles. The van der Waals surface area contributed by atoms with Gasteiger partial charge in [-0.2, -0.15) is 0 Å². The lowest BCUT2D eigenvalue weighted by atomic mass is 9.98. The summed E-state index contributed by atoms with van der Waals surface area (Å²) in [5.74, 6) is -0.483. The molecule has 0 aliphatic heterocycles. The van der Waals surface area contributed by atoms with E-state index < -0.39 is 5.97 Å². The zero-order chi connectivity index (χ0) is 16.7. The lowest BCUT2D eigenvalue weighted by Crippen LogP contribution is -2.12. The average Bonchev–Trinajstić information content (AvgIpc) is 2.60. The molecule has 0 atom stereocenters. The van der Waals surface area contributed by atoms with Crippen LogP contribution >= 0.6 is 11.8 Å². The minimum atomic E-state index is -0.444. The Bertz CT molecular complexity index is 677. The normalized spacial score (nSPS) is 10.3. The van der Waals surface area contributed by atoms with Gasteiger partial charge in [-0.3, -0.25) is 4.79 Å². The number of carbonyl (C=O) groups excluding carboxylic acids is 2. The number of aryl methyl sites for hydroxylation is 1. The van der Waals surface area contributed by atoms with E-state index >= 15 is 0 Å². The Hall–Kier alpha value is -2.07. The highest BCUT2D eigenvalue weighted by atomic mass is 32.2. The third-order valence-corrected chi connectivity index (χ3v) is 4.27. The van der Waals surface area contributed by atoms with Crippen molar-refractivity contribution in [3.8, 4) is 0 Å². The maximum absolute atomic E-state index is 12.5. The van der Waals surface area contributed by atoms with Crippen LogP contribution in [0.1, 0.15) is 39.6 Å². The van der Waals surface area contributed by atoms with Crippen LogP contribution < -0.4 is 0 Å². The Labute approximate surface area is 141 Å². The number of Topliss-reactive ketones (excluding diaryl/α,β-unsaturated/α-hetero) is 1. The van der Waals surface area contributed by atoms with Crippen molar-refractivity contribution >= 4 is 23.5 Å². The first-order valence-electron chi connectivity index (χ1n) is 7.58. The first kappa shape index (κ1) is 17.3. The molecule has 0 heterocycles. The number of thioether (sulfide) groups is 1. The molecule has 0 fully saturated rings. The molecule has 0 aromatic heterocycles. The predicted octanol–water partition coefficient (Wildman–Crippen LogP) is 4.40. The summed E-state index contributed by atoms with van der Waals surface area (Å²) >= 11 is 1.69. The van der Waals surface area contributed by atoms with E-state index in [0.717, 1.165) is 5.56 Å². The Balaban J connectivity index is 2.07. The fourth-order valence-electron chi connectivity index (χ4n) is 2.30. The van der Waals surface area contributed by atoms with Crippen molar-refractivity contribution in [2.45, 2.75) is 24.7 Å². The smallest absolute Gasteiger partial charge is 0.338 e. The molecular formula is C19H20O3S. The van der Waals surface area contributed by atoms with E-state index in [0.29, 0.717) is 30.6 Å². The molecule has 2 aromatic rings. The van der Waals surface area contributed by atoms with Gasteiger partial charge in [0.05, 0.1) is 12.2 Å². The molecule has 0 aliphatic carbocycles. The first-order chi connectivity index (χ1) is 11.2. The van der Waals surface area contributed by atoms with Crippen molar-refractivity contribution in [1.82, 2.24) is 0 Å². The first-order valence-corrected chi connectivity index (χ1v) is 8.80. The van der Waals surface area contributed by atoms with Crippen molar-refractivity contribution in [2.24, 2.45) is 0 Å². The second-order valence-electron chi connectivity index (χ2n) is 5.04. The van der Waals surface area contributed by atoms with Crippen molar-refractivity contribution in [1.29, 1.82) is 0 Å². The van der Waals surface area contributed by atoms with E-state index in [9.17, 15) is 9.59 Å². The number of hydrogen-bond acceptors (Lipinski definition) is 4. The van der Waals surface area contributed by atoms with Crippen LogP contribution in [-0.2, 0) is 11.2 Å². The van der Waals surface area contributed by atoms with Crippen LogP contribution in [0, 0.1) is 0 Å². The minimum Gasteiger partial charge on any atom is -0.462 e. The summed E-state index contributed by atoms with van der Waals surface area (Å²) in [4.78, 5) is 25.6. The van der Waals surface area contributed by atoms with Gasteiger partial charge in [-0.25, -0.2) is 4.79 Å². The second-order valence-corrected chi connectivity index (χ2v) is 5.92. The van der Waals surface area contributed by atoms with Crippen LogP contribution in [0.2, 0.25) is 0 Å². The molecule has 0 aliphatic rings. The monoisotopic (exact) mass is 328 g/mol. The van der Waals surface area contributed by atoms with E-state index in [4.69, 9.17) is 4.74 Å². The summed E-state index contributed by atoms with van der Waals surface area (Å²) in [7, 11) is 0. The van der Waals surface area contributed by atoms with Gasteiger partial charge in [-0.15, -0.1) is 11.8 Å². The quantitative estimate of drug-likeness (QED) is 0.429. The number of benzene rings is 2. The zero-order valence-electron chi connectivity index (χ0n) is 13.4. The van der Waals surface area contributed by atoms with Crippen LogP contribution in [-0.4, -0.2) is 24.6 Å². The van der Waals surface area contributed by atoms with Gasteiger partial charge in [0.2, 0.25) is 0 Å². The number of esters is 1. The van der Waals surface area contributed by atoms with Gasteiger partial charge >= 0.3 is 5.97 Å². The fraction of sp³-hybridized carbons (Fsp3) is 0.263. The SMILES string of the molecule is CCOC(=O)c1ccccc1C(=O)CCc1ccc(SC)cc1. The molecule has 120 valence electrons. The van der Waals surface area contributed by atoms with E-state index in [1.165, 1.54) is 4.90 Å². The van der Waals surface area contributed by atoms with Crippen LogP contribution in [0.3, 0.4) is 0 Å². The molecule has 0 radical (unpaired) electrons. The summed E-state index contributed by atoms with van der Waals surface area (Å²) in [5.41, 5.74) is 1.90. The lowest BCUT2D eigenvalue weighted by molar-refractivity contribution is 0.0523. The Morgan fingerprint density at radius 1 is 1.00 bits per heavy atom. The summed E-state index contributed by atoms with van der Waals surface area (Å²) < 4.78 is 5.01. The Kier molecular flexibility index (Phi) is 6.41. The van der Waals surface area contributed by atoms with Gasteiger partial charge < -0.3 is 4.74 Å². The van der Waals surface area contributed by atoms with E-state index in [1.807, 2.05) is 18.4 Å². The molecule has 3 nitrogen and oxygen atoms in total. The molecule has 23 heavy (non-hydrogen) atoms. The largest absolute Gasteiger partial charge is 0.462 e. The molecule has 0 N–H and O–H groups in total. The summed E-state index contributed by atoms with van der Waals surface area (Å²) in [6.45, 7) is 2.05. The maximum Gasteiger partial charge on any atom is 0.338 e. The second kappa shape index (κ2) is 8.53. The molecular weight excluding hydrogens is 308 g/mol. The van der Waals surface area contributed by atoms with Crippen molar-refractivity contribution < 1.29 is 14.3 Å². The summed E-state index contributed by atoms with van der Waals surface area (Å²) in [6, 6.07) is 15.0. The highest BCUT2D eigenvalue weighted by molar-refractivity contribution is 7.98. The third-order valence-electron chi connectivity index (χ3n) is 3.52. The lowest BCUT2D eigenvalue weighted by Gasteiger charge is -2.08. The van der Waals surface area contributed by atoms with Gasteiger partial charge in [0, 0.05) is 16.9 Å². The van der Waals surface area contributed by atoms with Crippen LogP contribution in [0.15, 0.2) is 53.4 Å². The molecule has 2 rings (SSSR count). The molecule has 0 amide bonds. The van der Waals surface area contributed by atoms with Gasteiger partial charge in [-0.05, 0) is 43.4 Å².